The van der Waals surface area contributed by atoms with Gasteiger partial charge in [0, 0.05) is 25.0 Å². The molecule has 0 radical (unpaired) electrons. The first kappa shape index (κ1) is 45.5. The van der Waals surface area contributed by atoms with Gasteiger partial charge in [-0.2, -0.15) is 0 Å². The second kappa shape index (κ2) is 24.6. The first-order valence-corrected chi connectivity index (χ1v) is 16.4. The molecule has 0 aliphatic carbocycles. The molecule has 0 N–H and O–H groups in total. The minimum Gasteiger partial charge on any atom is -0.463 e. The Kier molecular flexibility index (Phi) is 22.9. The maximum atomic E-state index is 12.6. The van der Waals surface area contributed by atoms with Crippen molar-refractivity contribution in [1.29, 1.82) is 0 Å². The van der Waals surface area contributed by atoms with Crippen molar-refractivity contribution < 1.29 is 66.7 Å². The Hall–Kier alpha value is -3.46. The molecule has 14 nitrogen and oxygen atoms in total. The van der Waals surface area contributed by atoms with Gasteiger partial charge >= 0.3 is 23.9 Å². The summed E-state index contributed by atoms with van der Waals surface area (Å²) in [6.07, 6.45) is -1.04. The molecule has 0 aromatic heterocycles. The average Bonchev–Trinajstić information content (AvgIpc) is 3.05. The zero-order valence-corrected chi connectivity index (χ0v) is 30.3. The van der Waals surface area contributed by atoms with Gasteiger partial charge in [0.25, 0.3) is 0 Å². The molecule has 0 bridgehead atoms. The third kappa shape index (κ3) is 20.6. The molecule has 280 valence electrons. The van der Waals surface area contributed by atoms with Gasteiger partial charge < -0.3 is 37.9 Å². The highest BCUT2D eigenvalue weighted by Crippen LogP contribution is 2.33. The lowest BCUT2D eigenvalue weighted by Crippen LogP contribution is -2.38. The van der Waals surface area contributed by atoms with Gasteiger partial charge in [-0.25, -0.2) is 9.59 Å². The van der Waals surface area contributed by atoms with Crippen LogP contribution < -0.4 is 0 Å². The predicted octanol–water partition coefficient (Wildman–Crippen LogP) is 3.65. The number of carbonyl (C=O) groups excluding carboxylic acids is 6. The molecule has 0 aromatic rings. The fourth-order valence-corrected chi connectivity index (χ4v) is 4.23. The Morgan fingerprint density at radius 2 is 0.796 bits per heavy atom. The first-order chi connectivity index (χ1) is 22.9. The lowest BCUT2D eigenvalue weighted by molar-refractivity contribution is -0.153. The number of hydrogen-bond acceptors (Lipinski definition) is 14. The highest BCUT2D eigenvalue weighted by Gasteiger charge is 2.41. The Labute approximate surface area is 290 Å². The molecule has 0 spiro atoms. The van der Waals surface area contributed by atoms with Crippen LogP contribution in [-0.4, -0.2) is 112 Å². The lowest BCUT2D eigenvalue weighted by Gasteiger charge is -2.28. The highest BCUT2D eigenvalue weighted by atomic mass is 16.6. The molecule has 0 rings (SSSR count). The van der Waals surface area contributed by atoms with Crippen molar-refractivity contribution in [3.63, 3.8) is 0 Å². The highest BCUT2D eigenvalue weighted by molar-refractivity contribution is 6.05. The van der Waals surface area contributed by atoms with E-state index in [0.717, 1.165) is 12.2 Å². The molecule has 0 heterocycles. The van der Waals surface area contributed by atoms with Gasteiger partial charge in [0.2, 0.25) is 0 Å². The van der Waals surface area contributed by atoms with E-state index in [1.807, 2.05) is 0 Å². The minimum absolute atomic E-state index is 0.0617. The van der Waals surface area contributed by atoms with Gasteiger partial charge in [0.1, 0.15) is 37.0 Å². The number of carbonyl (C=O) groups is 6. The molecule has 0 aromatic carbocycles. The second-order valence-corrected chi connectivity index (χ2v) is 12.0. The number of ether oxygens (including phenoxy) is 8. The molecular formula is C35H56O14. The maximum Gasteiger partial charge on any atom is 0.330 e. The molecule has 6 unspecified atom stereocenters. The zero-order chi connectivity index (χ0) is 37.6. The Bertz CT molecular complexity index is 1000. The normalized spacial score (nSPS) is 15.0. The fraction of sp³-hybridized carbons (Fsp3) is 0.714. The third-order valence-electron chi connectivity index (χ3n) is 7.25. The summed E-state index contributed by atoms with van der Waals surface area (Å²) in [6, 6.07) is 0. The molecular weight excluding hydrogens is 644 g/mol. The van der Waals surface area contributed by atoms with Crippen LogP contribution in [0.4, 0.5) is 0 Å². The van der Waals surface area contributed by atoms with Crippen LogP contribution in [-0.2, 0) is 66.7 Å². The third-order valence-corrected chi connectivity index (χ3v) is 7.25. The van der Waals surface area contributed by atoms with Crippen LogP contribution in [0.3, 0.4) is 0 Å². The summed E-state index contributed by atoms with van der Waals surface area (Å²) in [5, 5.41) is 0. The van der Waals surface area contributed by atoms with Crippen molar-refractivity contribution in [2.45, 2.75) is 118 Å². The number of ketones is 2. The predicted molar refractivity (Wildman–Crippen MR) is 177 cm³/mol. The molecule has 14 heteroatoms. The topological polar surface area (TPSA) is 176 Å². The van der Waals surface area contributed by atoms with E-state index in [-0.39, 0.29) is 77.5 Å². The molecule has 0 saturated carbocycles. The van der Waals surface area contributed by atoms with Crippen LogP contribution in [0.2, 0.25) is 0 Å². The van der Waals surface area contributed by atoms with Crippen LogP contribution in [0.1, 0.15) is 81.1 Å². The SMILES string of the molecule is C=CC(=O)OC(C)COC(C)COC(C)COC(=O)CCC(CCC(=O)OCC(C)OCC(C)OCC(C)OC(=O)C=C)(C(C)=O)C(C)=O. The number of Topliss-reactive ketones (excluding diaryl/α,β-unsaturated/α-hetero) is 2. The smallest absolute Gasteiger partial charge is 0.330 e. The van der Waals surface area contributed by atoms with Crippen molar-refractivity contribution in [2.24, 2.45) is 5.41 Å². The van der Waals surface area contributed by atoms with Crippen molar-refractivity contribution >= 4 is 35.4 Å². The largest absolute Gasteiger partial charge is 0.463 e. The number of hydrogen-bond donors (Lipinski definition) is 0. The van der Waals surface area contributed by atoms with Crippen LogP contribution in [0.25, 0.3) is 0 Å². The average molecular weight is 701 g/mol. The molecule has 0 amide bonds. The van der Waals surface area contributed by atoms with Crippen molar-refractivity contribution in [3.05, 3.63) is 25.3 Å². The molecule has 0 saturated heterocycles. The van der Waals surface area contributed by atoms with E-state index < -0.39 is 65.3 Å². The van der Waals surface area contributed by atoms with Crippen LogP contribution in [0.15, 0.2) is 25.3 Å². The van der Waals surface area contributed by atoms with Crippen molar-refractivity contribution in [2.75, 3.05) is 39.6 Å². The summed E-state index contributed by atoms with van der Waals surface area (Å²) in [5.74, 6) is -3.24. The zero-order valence-electron chi connectivity index (χ0n) is 30.3. The quantitative estimate of drug-likeness (QED) is 0.0500. The van der Waals surface area contributed by atoms with E-state index >= 15 is 0 Å². The Balaban J connectivity index is 4.62. The van der Waals surface area contributed by atoms with E-state index in [4.69, 9.17) is 37.9 Å². The molecule has 0 aliphatic heterocycles. The van der Waals surface area contributed by atoms with Crippen LogP contribution in [0, 0.1) is 5.41 Å². The van der Waals surface area contributed by atoms with Crippen molar-refractivity contribution in [3.8, 4) is 0 Å². The summed E-state index contributed by atoms with van der Waals surface area (Å²) >= 11 is 0. The molecule has 6 atom stereocenters. The number of esters is 4. The summed E-state index contributed by atoms with van der Waals surface area (Å²) in [4.78, 5) is 72.8. The maximum absolute atomic E-state index is 12.6. The van der Waals surface area contributed by atoms with Crippen LogP contribution >= 0.6 is 0 Å². The minimum atomic E-state index is -1.55. The Morgan fingerprint density at radius 3 is 1.08 bits per heavy atom. The molecule has 0 fully saturated rings. The van der Waals surface area contributed by atoms with E-state index in [0.29, 0.717) is 0 Å². The molecule has 49 heavy (non-hydrogen) atoms. The summed E-state index contributed by atoms with van der Waals surface area (Å²) in [6.45, 7) is 20.2. The number of rotatable bonds is 28. The summed E-state index contributed by atoms with van der Waals surface area (Å²) in [5.41, 5.74) is -1.55. The lowest BCUT2D eigenvalue weighted by atomic mass is 9.73. The van der Waals surface area contributed by atoms with Crippen molar-refractivity contribution in [1.82, 2.24) is 0 Å². The molecule has 0 aliphatic rings. The summed E-state index contributed by atoms with van der Waals surface area (Å²) in [7, 11) is 0. The van der Waals surface area contributed by atoms with E-state index in [2.05, 4.69) is 13.2 Å². The van der Waals surface area contributed by atoms with Crippen LogP contribution in [0.5, 0.6) is 0 Å². The second-order valence-electron chi connectivity index (χ2n) is 12.0. The van der Waals surface area contributed by atoms with Gasteiger partial charge in [-0.05, 0) is 68.2 Å². The standard InChI is InChI=1S/C35H56O14/c1-11-31(38)48-27(7)21-44-23(3)17-42-25(5)19-46-33(40)13-15-35(29(9)36,30(10)37)16-14-34(41)47-20-26(6)43-18-24(4)45-22-28(8)49-32(39)12-2/h11-12,23-28H,1-2,13-22H2,3-10H3. The fourth-order valence-electron chi connectivity index (χ4n) is 4.23. The first-order valence-electron chi connectivity index (χ1n) is 16.4. The van der Waals surface area contributed by atoms with E-state index in [1.165, 1.54) is 13.8 Å². The van der Waals surface area contributed by atoms with Gasteiger partial charge in [0.05, 0.1) is 56.3 Å². The van der Waals surface area contributed by atoms with Gasteiger partial charge in [-0.3, -0.25) is 19.2 Å². The van der Waals surface area contributed by atoms with E-state index in [9.17, 15) is 28.8 Å². The van der Waals surface area contributed by atoms with E-state index in [1.54, 1.807) is 41.5 Å². The van der Waals surface area contributed by atoms with Gasteiger partial charge in [-0.1, -0.05) is 13.2 Å². The summed E-state index contributed by atoms with van der Waals surface area (Å²) < 4.78 is 43.1. The van der Waals surface area contributed by atoms with Gasteiger partial charge in [-0.15, -0.1) is 0 Å². The Morgan fingerprint density at radius 1 is 0.510 bits per heavy atom. The monoisotopic (exact) mass is 700 g/mol. The van der Waals surface area contributed by atoms with Gasteiger partial charge in [0.15, 0.2) is 0 Å².